The number of carbonyl (C=O) groups is 2. The van der Waals surface area contributed by atoms with Crippen LogP contribution >= 0.6 is 0 Å². The first-order valence-corrected chi connectivity index (χ1v) is 9.35. The molecule has 2 aromatic carbocycles. The summed E-state index contributed by atoms with van der Waals surface area (Å²) in [6.45, 7) is 4.97. The van der Waals surface area contributed by atoms with E-state index in [2.05, 4.69) is 4.90 Å². The number of aryl methyl sites for hydroxylation is 1. The normalized spacial score (nSPS) is 21.1. The SMILES string of the molecule is Cc1cccc(N2C(=O)C[C@H]([NH+]3CCN(c4ccccc4O)CC3)C2=O)c1. The van der Waals surface area contributed by atoms with Gasteiger partial charge in [-0.15, -0.1) is 0 Å². The molecule has 2 aromatic rings. The molecule has 0 unspecified atom stereocenters. The smallest absolute Gasteiger partial charge is 0.292 e. The number of phenols is 1. The monoisotopic (exact) mass is 366 g/mol. The van der Waals surface area contributed by atoms with Crippen LogP contribution < -0.4 is 14.7 Å². The van der Waals surface area contributed by atoms with E-state index in [9.17, 15) is 14.7 Å². The van der Waals surface area contributed by atoms with Gasteiger partial charge in [-0.1, -0.05) is 24.3 Å². The molecular weight excluding hydrogens is 342 g/mol. The third-order valence-electron chi connectivity index (χ3n) is 5.53. The molecule has 6 heteroatoms. The van der Waals surface area contributed by atoms with Crippen molar-refractivity contribution >= 4 is 23.2 Å². The fourth-order valence-electron chi connectivity index (χ4n) is 4.10. The van der Waals surface area contributed by atoms with E-state index in [0.29, 0.717) is 5.69 Å². The van der Waals surface area contributed by atoms with Crippen LogP contribution in [0.25, 0.3) is 0 Å². The molecule has 2 saturated heterocycles. The van der Waals surface area contributed by atoms with Gasteiger partial charge in [0.05, 0.1) is 44.0 Å². The minimum atomic E-state index is -0.315. The number of amides is 2. The van der Waals surface area contributed by atoms with Gasteiger partial charge in [0, 0.05) is 0 Å². The Balaban J connectivity index is 1.45. The molecule has 4 rings (SSSR count). The third-order valence-corrected chi connectivity index (χ3v) is 5.53. The predicted molar refractivity (Wildman–Crippen MR) is 103 cm³/mol. The maximum Gasteiger partial charge on any atom is 0.292 e. The van der Waals surface area contributed by atoms with Crippen molar-refractivity contribution in [2.24, 2.45) is 0 Å². The Morgan fingerprint density at radius 3 is 2.48 bits per heavy atom. The Hall–Kier alpha value is -2.86. The maximum atomic E-state index is 13.0. The number of nitrogens with zero attached hydrogens (tertiary/aromatic N) is 2. The Morgan fingerprint density at radius 2 is 1.78 bits per heavy atom. The van der Waals surface area contributed by atoms with Crippen LogP contribution in [0.4, 0.5) is 11.4 Å². The molecule has 0 bridgehead atoms. The Kier molecular flexibility index (Phi) is 4.58. The second-order valence-corrected chi connectivity index (χ2v) is 7.30. The number of hydrogen-bond donors (Lipinski definition) is 2. The number of para-hydroxylation sites is 2. The van der Waals surface area contributed by atoms with Crippen LogP contribution in [0.3, 0.4) is 0 Å². The number of carbonyl (C=O) groups excluding carboxylic acids is 2. The highest BCUT2D eigenvalue weighted by atomic mass is 16.3. The van der Waals surface area contributed by atoms with Crippen molar-refractivity contribution in [3.8, 4) is 5.75 Å². The van der Waals surface area contributed by atoms with Crippen LogP contribution in [0, 0.1) is 6.92 Å². The lowest BCUT2D eigenvalue weighted by atomic mass is 10.1. The fraction of sp³-hybridized carbons (Fsp3) is 0.333. The van der Waals surface area contributed by atoms with Crippen LogP contribution in [0.1, 0.15) is 12.0 Å². The number of rotatable bonds is 3. The summed E-state index contributed by atoms with van der Waals surface area (Å²) in [5.74, 6) is 0.0570. The molecule has 0 radical (unpaired) electrons. The van der Waals surface area contributed by atoms with Crippen molar-refractivity contribution in [2.45, 2.75) is 19.4 Å². The van der Waals surface area contributed by atoms with Gasteiger partial charge in [0.25, 0.3) is 5.91 Å². The lowest BCUT2D eigenvalue weighted by Gasteiger charge is -2.35. The van der Waals surface area contributed by atoms with Crippen LogP contribution in [0.2, 0.25) is 0 Å². The summed E-state index contributed by atoms with van der Waals surface area (Å²) in [6, 6.07) is 14.5. The number of phenolic OH excluding ortho intramolecular Hbond substituents is 1. The molecule has 2 aliphatic rings. The van der Waals surface area contributed by atoms with Gasteiger partial charge in [0.15, 0.2) is 6.04 Å². The van der Waals surface area contributed by atoms with E-state index in [1.807, 2.05) is 49.4 Å². The van der Waals surface area contributed by atoms with Crippen molar-refractivity contribution in [2.75, 3.05) is 36.0 Å². The van der Waals surface area contributed by atoms with Crippen LogP contribution in [-0.2, 0) is 9.59 Å². The van der Waals surface area contributed by atoms with Crippen molar-refractivity contribution in [3.63, 3.8) is 0 Å². The molecular formula is C21H24N3O3+. The number of hydrogen-bond acceptors (Lipinski definition) is 4. The highest BCUT2D eigenvalue weighted by Gasteiger charge is 2.46. The van der Waals surface area contributed by atoms with Crippen molar-refractivity contribution in [1.82, 2.24) is 0 Å². The van der Waals surface area contributed by atoms with Gasteiger partial charge in [0.2, 0.25) is 5.91 Å². The molecule has 2 amide bonds. The van der Waals surface area contributed by atoms with Crippen LogP contribution in [-0.4, -0.2) is 49.1 Å². The average molecular weight is 366 g/mol. The zero-order valence-corrected chi connectivity index (χ0v) is 15.4. The van der Waals surface area contributed by atoms with Gasteiger partial charge in [0.1, 0.15) is 5.75 Å². The number of anilines is 2. The first-order valence-electron chi connectivity index (χ1n) is 9.35. The zero-order valence-electron chi connectivity index (χ0n) is 15.4. The van der Waals surface area contributed by atoms with Crippen molar-refractivity contribution in [3.05, 3.63) is 54.1 Å². The number of imide groups is 1. The van der Waals surface area contributed by atoms with Crippen LogP contribution in [0.15, 0.2) is 48.5 Å². The second-order valence-electron chi connectivity index (χ2n) is 7.30. The van der Waals surface area contributed by atoms with Gasteiger partial charge in [-0.2, -0.15) is 0 Å². The maximum absolute atomic E-state index is 13.0. The molecule has 0 aliphatic carbocycles. The summed E-state index contributed by atoms with van der Waals surface area (Å²) < 4.78 is 0. The lowest BCUT2D eigenvalue weighted by molar-refractivity contribution is -0.915. The number of piperazine rings is 1. The van der Waals surface area contributed by atoms with Gasteiger partial charge in [-0.25, -0.2) is 4.90 Å². The van der Waals surface area contributed by atoms with Gasteiger partial charge < -0.3 is 14.9 Å². The van der Waals surface area contributed by atoms with E-state index in [-0.39, 0.29) is 30.0 Å². The third kappa shape index (κ3) is 3.28. The van der Waals surface area contributed by atoms with Gasteiger partial charge in [-0.05, 0) is 36.8 Å². The largest absolute Gasteiger partial charge is 0.506 e. The summed E-state index contributed by atoms with van der Waals surface area (Å²) in [5.41, 5.74) is 2.52. The summed E-state index contributed by atoms with van der Waals surface area (Å²) in [4.78, 5) is 30.1. The molecule has 2 fully saturated rings. The van der Waals surface area contributed by atoms with E-state index >= 15 is 0 Å². The number of benzene rings is 2. The lowest BCUT2D eigenvalue weighted by Crippen LogP contribution is -3.19. The van der Waals surface area contributed by atoms with E-state index < -0.39 is 0 Å². The quantitative estimate of drug-likeness (QED) is 0.787. The second kappa shape index (κ2) is 7.04. The summed E-state index contributed by atoms with van der Waals surface area (Å²) in [5, 5.41) is 10.0. The zero-order chi connectivity index (χ0) is 19.0. The van der Waals surface area contributed by atoms with Crippen molar-refractivity contribution < 1.29 is 19.6 Å². The average Bonchev–Trinajstić information content (AvgIpc) is 2.96. The minimum absolute atomic E-state index is 0.100. The topological polar surface area (TPSA) is 65.3 Å². The summed E-state index contributed by atoms with van der Waals surface area (Å²) in [7, 11) is 0. The number of quaternary nitrogens is 1. The van der Waals surface area contributed by atoms with E-state index in [1.54, 1.807) is 6.07 Å². The summed E-state index contributed by atoms with van der Waals surface area (Å²) >= 11 is 0. The Bertz CT molecular complexity index is 874. The number of aromatic hydroxyl groups is 1. The molecule has 0 spiro atoms. The molecule has 0 saturated carbocycles. The molecule has 2 heterocycles. The first kappa shape index (κ1) is 17.5. The summed E-state index contributed by atoms with van der Waals surface area (Å²) in [6.07, 6.45) is 0.263. The van der Waals surface area contributed by atoms with Crippen molar-refractivity contribution in [1.29, 1.82) is 0 Å². The first-order chi connectivity index (χ1) is 13.0. The predicted octanol–water partition coefficient (Wildman–Crippen LogP) is 0.738. The Morgan fingerprint density at radius 1 is 1.04 bits per heavy atom. The molecule has 140 valence electrons. The van der Waals surface area contributed by atoms with Gasteiger partial charge in [-0.3, -0.25) is 9.59 Å². The van der Waals surface area contributed by atoms with E-state index in [0.717, 1.165) is 42.3 Å². The van der Waals surface area contributed by atoms with E-state index in [4.69, 9.17) is 0 Å². The fourth-order valence-corrected chi connectivity index (χ4v) is 4.10. The highest BCUT2D eigenvalue weighted by molar-refractivity contribution is 6.21. The molecule has 0 aromatic heterocycles. The molecule has 27 heavy (non-hydrogen) atoms. The highest BCUT2D eigenvalue weighted by Crippen LogP contribution is 2.26. The van der Waals surface area contributed by atoms with Gasteiger partial charge >= 0.3 is 0 Å². The molecule has 2 aliphatic heterocycles. The molecule has 1 atom stereocenters. The minimum Gasteiger partial charge on any atom is -0.506 e. The number of nitrogens with one attached hydrogen (secondary N) is 1. The standard InChI is InChI=1S/C21H23N3O3/c1-15-5-4-6-16(13-15)24-20(26)14-18(21(24)27)23-11-9-22(10-12-23)17-7-2-3-8-19(17)25/h2-8,13,18,25H,9-12,14H2,1H3/p+1/t18-/m0/s1. The van der Waals surface area contributed by atoms with Crippen LogP contribution in [0.5, 0.6) is 5.75 Å². The van der Waals surface area contributed by atoms with E-state index in [1.165, 1.54) is 4.90 Å². The Labute approximate surface area is 158 Å². The molecule has 2 N–H and O–H groups in total. The molecule has 6 nitrogen and oxygen atoms in total.